The number of benzene rings is 1. The van der Waals surface area contributed by atoms with E-state index in [-0.39, 0.29) is 10.9 Å². The Kier molecular flexibility index (Phi) is 4.26. The van der Waals surface area contributed by atoms with E-state index in [1.165, 1.54) is 22.5 Å². The minimum atomic E-state index is -3.49. The van der Waals surface area contributed by atoms with Gasteiger partial charge in [-0.25, -0.2) is 8.42 Å². The van der Waals surface area contributed by atoms with Crippen LogP contribution in [0.1, 0.15) is 18.4 Å². The number of nitriles is 1. The molecule has 5 nitrogen and oxygen atoms in total. The highest BCUT2D eigenvalue weighted by atomic mass is 79.9. The van der Waals surface area contributed by atoms with Gasteiger partial charge in [0.25, 0.3) is 0 Å². The molecule has 2 rings (SSSR count). The Morgan fingerprint density at radius 2 is 2.00 bits per heavy atom. The lowest BCUT2D eigenvalue weighted by Gasteiger charge is -2.29. The molecule has 7 heteroatoms. The molecule has 0 bridgehead atoms. The number of nitrogens with zero attached hydrogens (tertiary/aromatic N) is 2. The second-order valence-corrected chi connectivity index (χ2v) is 7.29. The summed E-state index contributed by atoms with van der Waals surface area (Å²) in [6.07, 6.45) is 1.35. The van der Waals surface area contributed by atoms with Crippen LogP contribution in [0.4, 0.5) is 0 Å². The van der Waals surface area contributed by atoms with E-state index in [1.54, 1.807) is 0 Å². The van der Waals surface area contributed by atoms with Gasteiger partial charge in [-0.3, -0.25) is 0 Å². The molecule has 0 atom stereocenters. The van der Waals surface area contributed by atoms with E-state index < -0.39 is 10.0 Å². The van der Waals surface area contributed by atoms with Gasteiger partial charge in [0, 0.05) is 23.6 Å². The van der Waals surface area contributed by atoms with Gasteiger partial charge in [-0.1, -0.05) is 0 Å². The monoisotopic (exact) mass is 343 g/mol. The maximum Gasteiger partial charge on any atom is 0.243 e. The molecule has 19 heavy (non-hydrogen) atoms. The van der Waals surface area contributed by atoms with Crippen molar-refractivity contribution in [2.24, 2.45) is 5.73 Å². The molecular weight excluding hydrogens is 330 g/mol. The second-order valence-electron chi connectivity index (χ2n) is 4.49. The Balaban J connectivity index is 2.30. The van der Waals surface area contributed by atoms with Gasteiger partial charge in [0.1, 0.15) is 6.07 Å². The van der Waals surface area contributed by atoms with Crippen LogP contribution in [0.25, 0.3) is 0 Å². The number of piperidine rings is 1. The van der Waals surface area contributed by atoms with E-state index >= 15 is 0 Å². The summed E-state index contributed by atoms with van der Waals surface area (Å²) in [4.78, 5) is 0.203. The molecule has 0 saturated carbocycles. The van der Waals surface area contributed by atoms with Crippen molar-refractivity contribution in [3.05, 3.63) is 28.2 Å². The Morgan fingerprint density at radius 3 is 2.53 bits per heavy atom. The first-order valence-electron chi connectivity index (χ1n) is 5.90. The number of halogens is 1. The van der Waals surface area contributed by atoms with Crippen molar-refractivity contribution in [2.75, 3.05) is 13.1 Å². The van der Waals surface area contributed by atoms with E-state index in [0.29, 0.717) is 36.0 Å². The summed E-state index contributed by atoms with van der Waals surface area (Å²) in [6.45, 7) is 0.891. The number of rotatable bonds is 2. The van der Waals surface area contributed by atoms with Crippen LogP contribution in [0.5, 0.6) is 0 Å². The van der Waals surface area contributed by atoms with Gasteiger partial charge in [0.05, 0.1) is 10.5 Å². The molecule has 0 amide bonds. The molecule has 102 valence electrons. The average molecular weight is 344 g/mol. The molecule has 1 aromatic carbocycles. The molecule has 1 aliphatic heterocycles. The molecule has 0 radical (unpaired) electrons. The Hall–Kier alpha value is -0.940. The summed E-state index contributed by atoms with van der Waals surface area (Å²) >= 11 is 3.21. The van der Waals surface area contributed by atoms with Gasteiger partial charge < -0.3 is 5.73 Å². The van der Waals surface area contributed by atoms with Crippen LogP contribution in [-0.2, 0) is 10.0 Å². The Labute approximate surface area is 121 Å². The smallest absolute Gasteiger partial charge is 0.243 e. The summed E-state index contributed by atoms with van der Waals surface area (Å²) in [6, 6.07) is 6.52. The Morgan fingerprint density at radius 1 is 1.37 bits per heavy atom. The first-order valence-corrected chi connectivity index (χ1v) is 8.14. The molecule has 1 aliphatic rings. The van der Waals surface area contributed by atoms with Crippen LogP contribution in [0.2, 0.25) is 0 Å². The molecule has 2 N–H and O–H groups in total. The fraction of sp³-hybridized carbons (Fsp3) is 0.417. The number of sulfonamides is 1. The SMILES string of the molecule is N#Cc1ccc(S(=O)(=O)N2CCC(N)CC2)cc1Br. The van der Waals surface area contributed by atoms with Gasteiger partial charge in [-0.05, 0) is 47.0 Å². The molecule has 1 aromatic rings. The number of nitrogens with two attached hydrogens (primary N) is 1. The first kappa shape index (κ1) is 14.5. The number of hydrogen-bond donors (Lipinski definition) is 1. The molecule has 1 heterocycles. The van der Waals surface area contributed by atoms with Crippen LogP contribution in [0.3, 0.4) is 0 Å². The van der Waals surface area contributed by atoms with Gasteiger partial charge in [-0.15, -0.1) is 0 Å². The minimum Gasteiger partial charge on any atom is -0.328 e. The lowest BCUT2D eigenvalue weighted by molar-refractivity contribution is 0.320. The average Bonchev–Trinajstić information content (AvgIpc) is 2.39. The zero-order valence-electron chi connectivity index (χ0n) is 10.2. The quantitative estimate of drug-likeness (QED) is 0.879. The largest absolute Gasteiger partial charge is 0.328 e. The maximum atomic E-state index is 12.4. The third-order valence-electron chi connectivity index (χ3n) is 3.20. The summed E-state index contributed by atoms with van der Waals surface area (Å²) in [5.41, 5.74) is 6.19. The third-order valence-corrected chi connectivity index (χ3v) is 5.75. The van der Waals surface area contributed by atoms with Gasteiger partial charge >= 0.3 is 0 Å². The van der Waals surface area contributed by atoms with E-state index in [2.05, 4.69) is 15.9 Å². The second kappa shape index (κ2) is 5.59. The van der Waals surface area contributed by atoms with Crippen molar-refractivity contribution >= 4 is 26.0 Å². The fourth-order valence-corrected chi connectivity index (χ4v) is 4.13. The zero-order chi connectivity index (χ0) is 14.0. The molecule has 0 spiro atoms. The predicted octanol–water partition coefficient (Wildman–Crippen LogP) is 1.43. The summed E-state index contributed by atoms with van der Waals surface area (Å²) in [5, 5.41) is 8.84. The van der Waals surface area contributed by atoms with Gasteiger partial charge in [-0.2, -0.15) is 9.57 Å². The summed E-state index contributed by atoms with van der Waals surface area (Å²) in [7, 11) is -3.49. The van der Waals surface area contributed by atoms with E-state index in [1.807, 2.05) is 6.07 Å². The van der Waals surface area contributed by atoms with Crippen molar-refractivity contribution in [3.63, 3.8) is 0 Å². The normalized spacial score (nSPS) is 18.2. The highest BCUT2D eigenvalue weighted by molar-refractivity contribution is 9.10. The van der Waals surface area contributed by atoms with Gasteiger partial charge in [0.2, 0.25) is 10.0 Å². The topological polar surface area (TPSA) is 87.2 Å². The van der Waals surface area contributed by atoms with Crippen LogP contribution < -0.4 is 5.73 Å². The molecule has 1 fully saturated rings. The van der Waals surface area contributed by atoms with Crippen LogP contribution in [0.15, 0.2) is 27.6 Å². The molecule has 1 saturated heterocycles. The van der Waals surface area contributed by atoms with Crippen molar-refractivity contribution < 1.29 is 8.42 Å². The van der Waals surface area contributed by atoms with Crippen LogP contribution in [0, 0.1) is 11.3 Å². The minimum absolute atomic E-state index is 0.0825. The van der Waals surface area contributed by atoms with E-state index in [0.717, 1.165) is 0 Å². The maximum absolute atomic E-state index is 12.4. The first-order chi connectivity index (χ1) is 8.95. The van der Waals surface area contributed by atoms with Crippen molar-refractivity contribution in [1.82, 2.24) is 4.31 Å². The van der Waals surface area contributed by atoms with Crippen molar-refractivity contribution in [3.8, 4) is 6.07 Å². The van der Waals surface area contributed by atoms with Crippen LogP contribution in [-0.4, -0.2) is 31.9 Å². The highest BCUT2D eigenvalue weighted by Crippen LogP contribution is 2.25. The molecule has 0 aromatic heterocycles. The predicted molar refractivity (Wildman–Crippen MR) is 74.8 cm³/mol. The molecular formula is C12H14BrN3O2S. The van der Waals surface area contributed by atoms with Crippen molar-refractivity contribution in [1.29, 1.82) is 5.26 Å². The standard InChI is InChI=1S/C12H14BrN3O2S/c13-12-7-11(2-1-9(12)8-14)19(17,18)16-5-3-10(15)4-6-16/h1-2,7,10H,3-6,15H2. The van der Waals surface area contributed by atoms with Crippen molar-refractivity contribution in [2.45, 2.75) is 23.8 Å². The lowest BCUT2D eigenvalue weighted by atomic mass is 10.1. The highest BCUT2D eigenvalue weighted by Gasteiger charge is 2.28. The molecule has 0 aliphatic carbocycles. The fourth-order valence-electron chi connectivity index (χ4n) is 2.01. The molecule has 0 unspecified atom stereocenters. The summed E-state index contributed by atoms with van der Waals surface area (Å²) < 4.78 is 26.8. The van der Waals surface area contributed by atoms with E-state index in [4.69, 9.17) is 11.0 Å². The number of hydrogen-bond acceptors (Lipinski definition) is 4. The third kappa shape index (κ3) is 2.98. The summed E-state index contributed by atoms with van der Waals surface area (Å²) in [5.74, 6) is 0. The van der Waals surface area contributed by atoms with E-state index in [9.17, 15) is 8.42 Å². The van der Waals surface area contributed by atoms with Gasteiger partial charge in [0.15, 0.2) is 0 Å². The van der Waals surface area contributed by atoms with Crippen LogP contribution >= 0.6 is 15.9 Å². The zero-order valence-corrected chi connectivity index (χ0v) is 12.6. The Bertz CT molecular complexity index is 616. The lowest BCUT2D eigenvalue weighted by Crippen LogP contribution is -2.42.